The van der Waals surface area contributed by atoms with E-state index in [0.29, 0.717) is 25.7 Å². The first-order valence-electron chi connectivity index (χ1n) is 9.26. The molecule has 0 aliphatic carbocycles. The molecule has 0 radical (unpaired) electrons. The molecule has 1 fully saturated rings. The van der Waals surface area contributed by atoms with Gasteiger partial charge in [-0.15, -0.1) is 0 Å². The van der Waals surface area contributed by atoms with Gasteiger partial charge in [-0.3, -0.25) is 0 Å². The number of nitrogens with zero attached hydrogens (tertiary/aromatic N) is 1. The van der Waals surface area contributed by atoms with Gasteiger partial charge in [0.15, 0.2) is 5.96 Å². The predicted octanol–water partition coefficient (Wildman–Crippen LogP) is 2.38. The molecule has 1 aliphatic heterocycles. The lowest BCUT2D eigenvalue weighted by atomic mass is 10.2. The predicted molar refractivity (Wildman–Crippen MR) is 111 cm³/mol. The number of guanidine groups is 1. The van der Waals surface area contributed by atoms with Gasteiger partial charge >= 0.3 is 0 Å². The average molecular weight is 403 g/mol. The summed E-state index contributed by atoms with van der Waals surface area (Å²) >= 11 is 0. The highest BCUT2D eigenvalue weighted by Gasteiger charge is 2.20. The van der Waals surface area contributed by atoms with Crippen molar-refractivity contribution in [1.29, 1.82) is 0 Å². The maximum Gasteiger partial charge on any atom is 0.240 e. The number of hydrogen-bond acceptors (Lipinski definition) is 4. The number of aryl methyl sites for hydroxylation is 1. The summed E-state index contributed by atoms with van der Waals surface area (Å²) in [5.41, 5.74) is 8.81. The smallest absolute Gasteiger partial charge is 0.240 e. The first-order chi connectivity index (χ1) is 13.4. The Morgan fingerprint density at radius 2 is 1.89 bits per heavy atom. The number of sulfonamides is 1. The van der Waals surface area contributed by atoms with E-state index in [1.54, 1.807) is 24.3 Å². The zero-order chi connectivity index (χ0) is 20.0. The summed E-state index contributed by atoms with van der Waals surface area (Å²) < 4.78 is 32.8. The van der Waals surface area contributed by atoms with Crippen LogP contribution in [0, 0.1) is 6.92 Å². The number of hydrogen-bond donors (Lipinski definition) is 3. The number of anilines is 1. The summed E-state index contributed by atoms with van der Waals surface area (Å²) in [7, 11) is -3.54. The molecule has 0 saturated carbocycles. The number of benzene rings is 2. The van der Waals surface area contributed by atoms with Crippen LogP contribution in [0.1, 0.15) is 24.0 Å². The van der Waals surface area contributed by atoms with Crippen LogP contribution in [-0.2, 0) is 21.3 Å². The maximum atomic E-state index is 12.4. The molecule has 2 aromatic rings. The fourth-order valence-electron chi connectivity index (χ4n) is 2.87. The third-order valence-corrected chi connectivity index (χ3v) is 5.95. The Balaban J connectivity index is 1.55. The molecule has 0 aromatic heterocycles. The number of nitrogens with two attached hydrogens (primary N) is 1. The van der Waals surface area contributed by atoms with Gasteiger partial charge < -0.3 is 15.8 Å². The van der Waals surface area contributed by atoms with E-state index in [-0.39, 0.29) is 11.0 Å². The second-order valence-electron chi connectivity index (χ2n) is 6.82. The molecule has 1 unspecified atom stereocenters. The van der Waals surface area contributed by atoms with E-state index in [1.807, 2.05) is 31.2 Å². The zero-order valence-electron chi connectivity index (χ0n) is 15.9. The van der Waals surface area contributed by atoms with Gasteiger partial charge in [-0.1, -0.05) is 29.8 Å². The fraction of sp³-hybridized carbons (Fsp3) is 0.350. The third-order valence-electron chi connectivity index (χ3n) is 4.51. The number of aliphatic imine (C=N–C) groups is 1. The molecule has 1 heterocycles. The fourth-order valence-corrected chi connectivity index (χ4v) is 3.93. The Hall–Kier alpha value is -2.42. The van der Waals surface area contributed by atoms with Crippen LogP contribution in [0.2, 0.25) is 0 Å². The molecule has 2 aromatic carbocycles. The van der Waals surface area contributed by atoms with Crippen molar-refractivity contribution in [2.24, 2.45) is 10.7 Å². The van der Waals surface area contributed by atoms with Crippen LogP contribution >= 0.6 is 0 Å². The lowest BCUT2D eigenvalue weighted by Gasteiger charge is -2.11. The maximum absolute atomic E-state index is 12.4. The normalized spacial score (nSPS) is 17.6. The molecule has 0 bridgehead atoms. The van der Waals surface area contributed by atoms with Crippen LogP contribution in [0.3, 0.4) is 0 Å². The van der Waals surface area contributed by atoms with Crippen LogP contribution < -0.4 is 15.8 Å². The SMILES string of the molecule is Cc1ccc(NC(N)=NCc2ccc(S(=O)(=O)NCC3CCCO3)cc2)cc1. The van der Waals surface area contributed by atoms with Gasteiger partial charge in [0.2, 0.25) is 10.0 Å². The first-order valence-corrected chi connectivity index (χ1v) is 10.7. The summed E-state index contributed by atoms with van der Waals surface area (Å²) in [4.78, 5) is 4.52. The molecule has 0 spiro atoms. The molecule has 7 nitrogen and oxygen atoms in total. The summed E-state index contributed by atoms with van der Waals surface area (Å²) in [6.45, 7) is 3.37. The van der Waals surface area contributed by atoms with Crippen LogP contribution in [0.15, 0.2) is 58.4 Å². The summed E-state index contributed by atoms with van der Waals surface area (Å²) in [5, 5.41) is 3.03. The number of nitrogens with one attached hydrogen (secondary N) is 2. The molecular formula is C20H26N4O3S. The van der Waals surface area contributed by atoms with E-state index >= 15 is 0 Å². The Kier molecular flexibility index (Phi) is 6.66. The molecule has 8 heteroatoms. The minimum atomic E-state index is -3.54. The minimum Gasteiger partial charge on any atom is -0.377 e. The number of ether oxygens (including phenoxy) is 1. The van der Waals surface area contributed by atoms with Gasteiger partial charge in [0, 0.05) is 18.8 Å². The zero-order valence-corrected chi connectivity index (χ0v) is 16.7. The van der Waals surface area contributed by atoms with E-state index in [9.17, 15) is 8.42 Å². The topological polar surface area (TPSA) is 106 Å². The van der Waals surface area contributed by atoms with Crippen molar-refractivity contribution in [3.8, 4) is 0 Å². The minimum absolute atomic E-state index is 0.0348. The van der Waals surface area contributed by atoms with E-state index in [0.717, 1.165) is 24.1 Å². The molecule has 1 atom stereocenters. The Bertz CT molecular complexity index is 903. The van der Waals surface area contributed by atoms with Gasteiger partial charge in [-0.05, 0) is 49.6 Å². The number of rotatable bonds is 7. The Morgan fingerprint density at radius 3 is 2.54 bits per heavy atom. The first kappa shape index (κ1) is 20.3. The van der Waals surface area contributed by atoms with Crippen LogP contribution in [0.4, 0.5) is 5.69 Å². The third kappa shape index (κ3) is 5.79. The van der Waals surface area contributed by atoms with Crippen molar-refractivity contribution in [2.45, 2.75) is 37.3 Å². The van der Waals surface area contributed by atoms with Crippen LogP contribution in [-0.4, -0.2) is 33.6 Å². The molecule has 4 N–H and O–H groups in total. The average Bonchev–Trinajstić information content (AvgIpc) is 3.21. The monoisotopic (exact) mass is 402 g/mol. The van der Waals surface area contributed by atoms with Gasteiger partial charge in [0.25, 0.3) is 0 Å². The lowest BCUT2D eigenvalue weighted by molar-refractivity contribution is 0.114. The van der Waals surface area contributed by atoms with E-state index in [4.69, 9.17) is 10.5 Å². The van der Waals surface area contributed by atoms with Gasteiger partial charge in [0.1, 0.15) is 0 Å². The molecular weight excluding hydrogens is 376 g/mol. The second-order valence-corrected chi connectivity index (χ2v) is 8.59. The summed E-state index contributed by atoms with van der Waals surface area (Å²) in [6, 6.07) is 14.5. The highest BCUT2D eigenvalue weighted by atomic mass is 32.2. The quantitative estimate of drug-likeness (QED) is 0.487. The second kappa shape index (κ2) is 9.18. The van der Waals surface area contributed by atoms with Crippen LogP contribution in [0.25, 0.3) is 0 Å². The van der Waals surface area contributed by atoms with Crippen molar-refractivity contribution in [3.05, 3.63) is 59.7 Å². The van der Waals surface area contributed by atoms with Crippen molar-refractivity contribution < 1.29 is 13.2 Å². The molecule has 1 saturated heterocycles. The largest absolute Gasteiger partial charge is 0.377 e. The standard InChI is InChI=1S/C20H26N4O3S/c1-15-4-8-17(9-5-15)24-20(21)22-13-16-6-10-19(11-7-16)28(25,26)23-14-18-3-2-12-27-18/h4-11,18,23H,2-3,12-14H2,1H3,(H3,21,22,24). The van der Waals surface area contributed by atoms with Crippen LogP contribution in [0.5, 0.6) is 0 Å². The molecule has 0 amide bonds. The summed E-state index contributed by atoms with van der Waals surface area (Å²) in [5.74, 6) is 0.304. The van der Waals surface area contributed by atoms with Crippen molar-refractivity contribution in [2.75, 3.05) is 18.5 Å². The van der Waals surface area contributed by atoms with Crippen molar-refractivity contribution >= 4 is 21.7 Å². The molecule has 28 heavy (non-hydrogen) atoms. The van der Waals surface area contributed by atoms with Gasteiger partial charge in [0.05, 0.1) is 17.5 Å². The van der Waals surface area contributed by atoms with E-state index in [1.165, 1.54) is 5.56 Å². The Labute approximate surface area is 166 Å². The highest BCUT2D eigenvalue weighted by Crippen LogP contribution is 2.14. The lowest BCUT2D eigenvalue weighted by Crippen LogP contribution is -2.31. The highest BCUT2D eigenvalue weighted by molar-refractivity contribution is 7.89. The summed E-state index contributed by atoms with van der Waals surface area (Å²) in [6.07, 6.45) is 1.83. The van der Waals surface area contributed by atoms with E-state index < -0.39 is 10.0 Å². The van der Waals surface area contributed by atoms with E-state index in [2.05, 4.69) is 15.0 Å². The Morgan fingerprint density at radius 1 is 1.18 bits per heavy atom. The van der Waals surface area contributed by atoms with Gasteiger partial charge in [-0.2, -0.15) is 0 Å². The molecule has 3 rings (SSSR count). The van der Waals surface area contributed by atoms with Crippen molar-refractivity contribution in [1.82, 2.24) is 4.72 Å². The van der Waals surface area contributed by atoms with Crippen molar-refractivity contribution in [3.63, 3.8) is 0 Å². The van der Waals surface area contributed by atoms with Gasteiger partial charge in [-0.25, -0.2) is 18.1 Å². The molecule has 1 aliphatic rings. The molecule has 150 valence electrons.